The Morgan fingerprint density at radius 2 is 2.19 bits per heavy atom. The number of aromatic nitrogens is 2. The number of amides is 1. The van der Waals surface area contributed by atoms with Gasteiger partial charge in [0.25, 0.3) is 11.5 Å². The Labute approximate surface area is 149 Å². The van der Waals surface area contributed by atoms with Gasteiger partial charge in [0, 0.05) is 19.6 Å². The minimum Gasteiger partial charge on any atom is -0.456 e. The van der Waals surface area contributed by atoms with Gasteiger partial charge in [-0.2, -0.15) is 0 Å². The first-order valence-electron chi connectivity index (χ1n) is 8.63. The summed E-state index contributed by atoms with van der Waals surface area (Å²) in [6.07, 6.45) is 2.24. The molecule has 0 radical (unpaired) electrons. The molecule has 1 aromatic carbocycles. The molecule has 3 rings (SSSR count). The molecule has 1 amide bonds. The Bertz CT molecular complexity index is 842. The molecule has 0 bridgehead atoms. The Hall–Kier alpha value is -2.74. The zero-order chi connectivity index (χ0) is 18.4. The maximum absolute atomic E-state index is 12.0. The number of para-hydroxylation sites is 1. The Morgan fingerprint density at radius 3 is 3.00 bits per heavy atom. The highest BCUT2D eigenvalue weighted by Gasteiger charge is 2.16. The molecule has 1 aliphatic heterocycles. The van der Waals surface area contributed by atoms with Gasteiger partial charge in [0.05, 0.1) is 23.4 Å². The molecule has 1 atom stereocenters. The fourth-order valence-electron chi connectivity index (χ4n) is 2.78. The van der Waals surface area contributed by atoms with E-state index in [0.29, 0.717) is 23.3 Å². The SMILES string of the molecule is O=C(COC(=O)CCc1nc2ccccc2c(=O)[nH]1)NCC1CCCO1. The van der Waals surface area contributed by atoms with Crippen LogP contribution < -0.4 is 10.9 Å². The number of nitrogens with one attached hydrogen (secondary N) is 2. The van der Waals surface area contributed by atoms with E-state index in [1.165, 1.54) is 0 Å². The Balaban J connectivity index is 1.42. The van der Waals surface area contributed by atoms with E-state index in [0.717, 1.165) is 19.4 Å². The summed E-state index contributed by atoms with van der Waals surface area (Å²) in [5.74, 6) is -0.465. The first-order chi connectivity index (χ1) is 12.6. The van der Waals surface area contributed by atoms with Gasteiger partial charge in [0.2, 0.25) is 0 Å². The molecule has 1 aromatic heterocycles. The number of carbonyl (C=O) groups excluding carboxylic acids is 2. The van der Waals surface area contributed by atoms with Crippen LogP contribution >= 0.6 is 0 Å². The molecule has 0 spiro atoms. The summed E-state index contributed by atoms with van der Waals surface area (Å²) in [6, 6.07) is 6.99. The lowest BCUT2D eigenvalue weighted by Gasteiger charge is -2.11. The summed E-state index contributed by atoms with van der Waals surface area (Å²) < 4.78 is 10.3. The van der Waals surface area contributed by atoms with Crippen molar-refractivity contribution in [1.82, 2.24) is 15.3 Å². The van der Waals surface area contributed by atoms with Crippen LogP contribution in [0, 0.1) is 0 Å². The number of esters is 1. The number of carbonyl (C=O) groups is 2. The van der Waals surface area contributed by atoms with Crippen LogP contribution in [0.4, 0.5) is 0 Å². The predicted molar refractivity (Wildman–Crippen MR) is 93.6 cm³/mol. The van der Waals surface area contributed by atoms with Crippen LogP contribution in [0.1, 0.15) is 25.1 Å². The summed E-state index contributed by atoms with van der Waals surface area (Å²) in [6.45, 7) is 0.826. The number of aromatic amines is 1. The van der Waals surface area contributed by atoms with Crippen molar-refractivity contribution in [3.8, 4) is 0 Å². The van der Waals surface area contributed by atoms with Gasteiger partial charge in [-0.05, 0) is 25.0 Å². The van der Waals surface area contributed by atoms with E-state index in [-0.39, 0.29) is 37.0 Å². The van der Waals surface area contributed by atoms with Crippen molar-refractivity contribution < 1.29 is 19.1 Å². The molecule has 2 N–H and O–H groups in total. The van der Waals surface area contributed by atoms with E-state index in [4.69, 9.17) is 9.47 Å². The van der Waals surface area contributed by atoms with E-state index in [2.05, 4.69) is 15.3 Å². The van der Waals surface area contributed by atoms with Crippen molar-refractivity contribution in [3.63, 3.8) is 0 Å². The largest absolute Gasteiger partial charge is 0.456 e. The fraction of sp³-hybridized carbons (Fsp3) is 0.444. The smallest absolute Gasteiger partial charge is 0.306 e. The van der Waals surface area contributed by atoms with Gasteiger partial charge in [-0.1, -0.05) is 12.1 Å². The van der Waals surface area contributed by atoms with Crippen LogP contribution in [-0.2, 0) is 25.5 Å². The number of fused-ring (bicyclic) bond motifs is 1. The number of rotatable bonds is 7. The molecule has 2 aromatic rings. The third-order valence-electron chi connectivity index (χ3n) is 4.14. The van der Waals surface area contributed by atoms with Crippen molar-refractivity contribution in [3.05, 3.63) is 40.4 Å². The lowest BCUT2D eigenvalue weighted by molar-refractivity contribution is -0.148. The summed E-state index contributed by atoms with van der Waals surface area (Å²) in [7, 11) is 0. The molecule has 1 unspecified atom stereocenters. The summed E-state index contributed by atoms with van der Waals surface area (Å²) in [5.41, 5.74) is 0.334. The molecule has 2 heterocycles. The normalized spacial score (nSPS) is 16.5. The van der Waals surface area contributed by atoms with Crippen LogP contribution in [0.5, 0.6) is 0 Å². The maximum Gasteiger partial charge on any atom is 0.306 e. The summed E-state index contributed by atoms with van der Waals surface area (Å²) in [5, 5.41) is 3.18. The van der Waals surface area contributed by atoms with Crippen LogP contribution in [-0.4, -0.2) is 47.7 Å². The minimum atomic E-state index is -0.520. The van der Waals surface area contributed by atoms with E-state index in [1.807, 2.05) is 0 Å². The Kier molecular flexibility index (Phi) is 5.96. The monoisotopic (exact) mass is 359 g/mol. The second-order valence-corrected chi connectivity index (χ2v) is 6.13. The minimum absolute atomic E-state index is 0.0281. The van der Waals surface area contributed by atoms with Gasteiger partial charge in [-0.15, -0.1) is 0 Å². The summed E-state index contributed by atoms with van der Waals surface area (Å²) >= 11 is 0. The molecule has 0 aliphatic carbocycles. The molecule has 1 saturated heterocycles. The second kappa shape index (κ2) is 8.57. The molecule has 0 saturated carbocycles. The standard InChI is InChI=1S/C18H21N3O5/c22-16(19-10-12-4-3-9-25-12)11-26-17(23)8-7-15-20-14-6-2-1-5-13(14)18(24)21-15/h1-2,5-6,12H,3-4,7-11H2,(H,19,22)(H,20,21,24). The number of hydrogen-bond donors (Lipinski definition) is 2. The Morgan fingerprint density at radius 1 is 1.35 bits per heavy atom. The fourth-order valence-corrected chi connectivity index (χ4v) is 2.78. The average molecular weight is 359 g/mol. The third kappa shape index (κ3) is 4.89. The van der Waals surface area contributed by atoms with E-state index in [9.17, 15) is 14.4 Å². The quantitative estimate of drug-likeness (QED) is 0.704. The number of hydrogen-bond acceptors (Lipinski definition) is 6. The highest BCUT2D eigenvalue weighted by molar-refractivity contribution is 5.80. The van der Waals surface area contributed by atoms with Gasteiger partial charge < -0.3 is 19.8 Å². The number of nitrogens with zero attached hydrogens (tertiary/aromatic N) is 1. The molecule has 1 fully saturated rings. The van der Waals surface area contributed by atoms with E-state index < -0.39 is 5.97 Å². The molecular formula is C18H21N3O5. The van der Waals surface area contributed by atoms with Gasteiger partial charge in [0.15, 0.2) is 6.61 Å². The number of aryl methyl sites for hydroxylation is 1. The molecule has 8 heteroatoms. The third-order valence-corrected chi connectivity index (χ3v) is 4.14. The van der Waals surface area contributed by atoms with Crippen molar-refractivity contribution in [2.45, 2.75) is 31.8 Å². The molecule has 138 valence electrons. The van der Waals surface area contributed by atoms with E-state index in [1.54, 1.807) is 24.3 Å². The summed E-state index contributed by atoms with van der Waals surface area (Å²) in [4.78, 5) is 42.4. The maximum atomic E-state index is 12.0. The van der Waals surface area contributed by atoms with Crippen molar-refractivity contribution in [2.24, 2.45) is 0 Å². The first kappa shape index (κ1) is 18.1. The molecule has 8 nitrogen and oxygen atoms in total. The van der Waals surface area contributed by atoms with Gasteiger partial charge in [0.1, 0.15) is 5.82 Å². The van der Waals surface area contributed by atoms with Crippen molar-refractivity contribution in [1.29, 1.82) is 0 Å². The van der Waals surface area contributed by atoms with Crippen LogP contribution in [0.3, 0.4) is 0 Å². The van der Waals surface area contributed by atoms with E-state index >= 15 is 0 Å². The lowest BCUT2D eigenvalue weighted by Crippen LogP contribution is -2.34. The van der Waals surface area contributed by atoms with Gasteiger partial charge >= 0.3 is 5.97 Å². The number of H-pyrrole nitrogens is 1. The second-order valence-electron chi connectivity index (χ2n) is 6.13. The van der Waals surface area contributed by atoms with Gasteiger partial charge in [-0.25, -0.2) is 4.98 Å². The van der Waals surface area contributed by atoms with Crippen LogP contribution in [0.25, 0.3) is 10.9 Å². The molecular weight excluding hydrogens is 338 g/mol. The lowest BCUT2D eigenvalue weighted by atomic mass is 10.2. The number of benzene rings is 1. The van der Waals surface area contributed by atoms with Crippen LogP contribution in [0.15, 0.2) is 29.1 Å². The highest BCUT2D eigenvalue weighted by Crippen LogP contribution is 2.10. The number of ether oxygens (including phenoxy) is 2. The topological polar surface area (TPSA) is 110 Å². The average Bonchev–Trinajstić information content (AvgIpc) is 3.16. The van der Waals surface area contributed by atoms with Crippen molar-refractivity contribution in [2.75, 3.05) is 19.8 Å². The zero-order valence-corrected chi connectivity index (χ0v) is 14.3. The predicted octanol–water partition coefficient (Wildman–Crippen LogP) is 0.694. The highest BCUT2D eigenvalue weighted by atomic mass is 16.5. The molecule has 1 aliphatic rings. The van der Waals surface area contributed by atoms with Gasteiger partial charge in [-0.3, -0.25) is 14.4 Å². The van der Waals surface area contributed by atoms with Crippen molar-refractivity contribution >= 4 is 22.8 Å². The zero-order valence-electron chi connectivity index (χ0n) is 14.3. The molecule has 26 heavy (non-hydrogen) atoms. The van der Waals surface area contributed by atoms with Crippen LogP contribution in [0.2, 0.25) is 0 Å². The first-order valence-corrected chi connectivity index (χ1v) is 8.63.